The fraction of sp³-hybridized carbons (Fsp3) is 0.583. The Labute approximate surface area is 112 Å². The van der Waals surface area contributed by atoms with Crippen LogP contribution in [0.2, 0.25) is 0 Å². The summed E-state index contributed by atoms with van der Waals surface area (Å²) in [5.74, 6) is -0.838. The molecular weight excluding hydrogens is 248 g/mol. The molecule has 0 aromatic carbocycles. The van der Waals surface area contributed by atoms with Crippen LogP contribution in [0.1, 0.15) is 19.7 Å². The van der Waals surface area contributed by atoms with E-state index < -0.39 is 11.9 Å². The van der Waals surface area contributed by atoms with Crippen LogP contribution in [0, 0.1) is 11.8 Å². The van der Waals surface area contributed by atoms with Gasteiger partial charge in [0.1, 0.15) is 5.82 Å². The molecule has 0 aliphatic heterocycles. The highest BCUT2D eigenvalue weighted by Gasteiger charge is 2.22. The molecule has 7 nitrogen and oxygen atoms in total. The van der Waals surface area contributed by atoms with Gasteiger partial charge in [0.25, 0.3) is 0 Å². The van der Waals surface area contributed by atoms with E-state index in [0.29, 0.717) is 12.4 Å². The van der Waals surface area contributed by atoms with E-state index in [-0.39, 0.29) is 18.5 Å². The average molecular weight is 268 g/mol. The summed E-state index contributed by atoms with van der Waals surface area (Å²) in [5, 5.41) is 11.6. The Morgan fingerprint density at radius 3 is 2.68 bits per heavy atom. The smallest absolute Gasteiger partial charge is 0.317 e. The predicted molar refractivity (Wildman–Crippen MR) is 69.4 cm³/mol. The Morgan fingerprint density at radius 2 is 2.21 bits per heavy atom. The van der Waals surface area contributed by atoms with Gasteiger partial charge in [-0.15, -0.1) is 0 Å². The van der Waals surface area contributed by atoms with Crippen molar-refractivity contribution in [3.05, 3.63) is 18.2 Å². The second kappa shape index (κ2) is 6.77. The monoisotopic (exact) mass is 268 g/mol. The summed E-state index contributed by atoms with van der Waals surface area (Å²) < 4.78 is 0. The Balaban J connectivity index is 2.43. The lowest BCUT2D eigenvalue weighted by Crippen LogP contribution is -2.42. The third-order valence-electron chi connectivity index (χ3n) is 2.88. The van der Waals surface area contributed by atoms with Gasteiger partial charge in [-0.1, -0.05) is 13.8 Å². The molecule has 0 radical (unpaired) electrons. The van der Waals surface area contributed by atoms with Crippen molar-refractivity contribution in [3.8, 4) is 0 Å². The molecule has 0 bridgehead atoms. The van der Waals surface area contributed by atoms with E-state index in [1.165, 1.54) is 4.90 Å². The number of aliphatic carboxylic acids is 1. The summed E-state index contributed by atoms with van der Waals surface area (Å²) in [6.45, 7) is 4.10. The number of hydrogen-bond donors (Lipinski definition) is 3. The number of amides is 2. The fourth-order valence-corrected chi connectivity index (χ4v) is 1.62. The van der Waals surface area contributed by atoms with Gasteiger partial charge in [0.2, 0.25) is 0 Å². The Hall–Kier alpha value is -2.05. The van der Waals surface area contributed by atoms with Gasteiger partial charge >= 0.3 is 12.0 Å². The second-order valence-electron chi connectivity index (χ2n) is 4.77. The fourth-order valence-electron chi connectivity index (χ4n) is 1.62. The van der Waals surface area contributed by atoms with Gasteiger partial charge in [-0.25, -0.2) is 9.78 Å². The number of hydrogen-bond acceptors (Lipinski definition) is 3. The number of aromatic amines is 1. The number of rotatable bonds is 6. The van der Waals surface area contributed by atoms with Crippen LogP contribution in [0.3, 0.4) is 0 Å². The Morgan fingerprint density at radius 1 is 1.53 bits per heavy atom. The third kappa shape index (κ3) is 4.61. The zero-order chi connectivity index (χ0) is 14.4. The quantitative estimate of drug-likeness (QED) is 0.714. The average Bonchev–Trinajstić information content (AvgIpc) is 2.80. The molecule has 0 spiro atoms. The summed E-state index contributed by atoms with van der Waals surface area (Å²) in [6.07, 6.45) is 3.29. The molecular formula is C12H20N4O3. The Bertz CT molecular complexity index is 417. The number of nitrogens with one attached hydrogen (secondary N) is 2. The van der Waals surface area contributed by atoms with Gasteiger partial charge in [-0.05, 0) is 5.92 Å². The molecule has 1 unspecified atom stereocenters. The summed E-state index contributed by atoms with van der Waals surface area (Å²) in [7, 11) is 1.63. The van der Waals surface area contributed by atoms with Crippen molar-refractivity contribution in [2.75, 3.05) is 13.6 Å². The molecule has 7 heteroatoms. The minimum atomic E-state index is -0.899. The molecule has 1 aromatic rings. The van der Waals surface area contributed by atoms with Crippen LogP contribution >= 0.6 is 0 Å². The van der Waals surface area contributed by atoms with E-state index in [1.807, 2.05) is 13.8 Å². The van der Waals surface area contributed by atoms with E-state index in [1.54, 1.807) is 19.4 Å². The van der Waals surface area contributed by atoms with E-state index in [0.717, 1.165) is 0 Å². The van der Waals surface area contributed by atoms with Crippen molar-refractivity contribution >= 4 is 12.0 Å². The first-order valence-electron chi connectivity index (χ1n) is 6.11. The highest BCUT2D eigenvalue weighted by Crippen LogP contribution is 2.09. The molecule has 2 amide bonds. The highest BCUT2D eigenvalue weighted by molar-refractivity contribution is 5.75. The zero-order valence-corrected chi connectivity index (χ0v) is 11.4. The summed E-state index contributed by atoms with van der Waals surface area (Å²) in [4.78, 5) is 31.2. The van der Waals surface area contributed by atoms with Gasteiger partial charge in [-0.2, -0.15) is 0 Å². The summed E-state index contributed by atoms with van der Waals surface area (Å²) in [6, 6.07) is -0.316. The topological polar surface area (TPSA) is 98.3 Å². The molecule has 106 valence electrons. The minimum Gasteiger partial charge on any atom is -0.481 e. The van der Waals surface area contributed by atoms with Crippen molar-refractivity contribution in [3.63, 3.8) is 0 Å². The van der Waals surface area contributed by atoms with Crippen LogP contribution in [-0.4, -0.2) is 45.6 Å². The van der Waals surface area contributed by atoms with Gasteiger partial charge in [0, 0.05) is 26.0 Å². The number of aromatic nitrogens is 2. The molecule has 3 N–H and O–H groups in total. The Kier molecular flexibility index (Phi) is 5.35. The molecule has 0 saturated heterocycles. The number of carboxylic acid groups (broad SMARTS) is 1. The van der Waals surface area contributed by atoms with E-state index in [9.17, 15) is 9.59 Å². The maximum atomic E-state index is 11.8. The number of carboxylic acids is 1. The first-order chi connectivity index (χ1) is 8.91. The van der Waals surface area contributed by atoms with E-state index >= 15 is 0 Å². The van der Waals surface area contributed by atoms with Crippen molar-refractivity contribution in [2.45, 2.75) is 20.4 Å². The molecule has 0 aliphatic carbocycles. The van der Waals surface area contributed by atoms with E-state index in [4.69, 9.17) is 5.11 Å². The largest absolute Gasteiger partial charge is 0.481 e. The number of nitrogens with zero attached hydrogens (tertiary/aromatic N) is 2. The second-order valence-corrected chi connectivity index (χ2v) is 4.77. The van der Waals surface area contributed by atoms with Crippen LogP contribution in [0.15, 0.2) is 12.4 Å². The van der Waals surface area contributed by atoms with Crippen LogP contribution < -0.4 is 5.32 Å². The minimum absolute atomic E-state index is 0.0341. The lowest BCUT2D eigenvalue weighted by atomic mass is 9.96. The number of urea groups is 1. The number of H-pyrrole nitrogens is 1. The van der Waals surface area contributed by atoms with Crippen LogP contribution in [-0.2, 0) is 11.3 Å². The molecule has 1 rings (SSSR count). The van der Waals surface area contributed by atoms with Crippen molar-refractivity contribution < 1.29 is 14.7 Å². The molecule has 19 heavy (non-hydrogen) atoms. The third-order valence-corrected chi connectivity index (χ3v) is 2.88. The van der Waals surface area contributed by atoms with E-state index in [2.05, 4.69) is 15.3 Å². The molecule has 0 fully saturated rings. The number of carbonyl (C=O) groups excluding carboxylic acids is 1. The number of imidazole rings is 1. The molecule has 0 aliphatic rings. The summed E-state index contributed by atoms with van der Waals surface area (Å²) in [5.41, 5.74) is 0. The lowest BCUT2D eigenvalue weighted by Gasteiger charge is -2.20. The van der Waals surface area contributed by atoms with Crippen molar-refractivity contribution in [1.29, 1.82) is 0 Å². The first kappa shape index (κ1) is 15.0. The predicted octanol–water partition coefficient (Wildman–Crippen LogP) is 0.908. The van der Waals surface area contributed by atoms with Crippen LogP contribution in [0.25, 0.3) is 0 Å². The van der Waals surface area contributed by atoms with Gasteiger partial charge in [-0.3, -0.25) is 4.79 Å². The lowest BCUT2D eigenvalue weighted by molar-refractivity contribution is -0.142. The maximum Gasteiger partial charge on any atom is 0.317 e. The first-order valence-corrected chi connectivity index (χ1v) is 6.11. The summed E-state index contributed by atoms with van der Waals surface area (Å²) >= 11 is 0. The standard InChI is InChI=1S/C12H20N4O3/c1-8(2)9(11(17)18)6-15-12(19)16(3)7-10-13-4-5-14-10/h4-5,8-9H,6-7H2,1-3H3,(H,13,14)(H,15,19)(H,17,18). The zero-order valence-electron chi connectivity index (χ0n) is 11.4. The normalized spacial score (nSPS) is 12.2. The molecule has 1 heterocycles. The van der Waals surface area contributed by atoms with Crippen molar-refractivity contribution in [1.82, 2.24) is 20.2 Å². The van der Waals surface area contributed by atoms with Gasteiger partial charge < -0.3 is 20.3 Å². The molecule has 1 atom stereocenters. The van der Waals surface area contributed by atoms with Crippen molar-refractivity contribution in [2.24, 2.45) is 11.8 Å². The molecule has 1 aromatic heterocycles. The highest BCUT2D eigenvalue weighted by atomic mass is 16.4. The molecule has 0 saturated carbocycles. The van der Waals surface area contributed by atoms with Crippen LogP contribution in [0.5, 0.6) is 0 Å². The van der Waals surface area contributed by atoms with Gasteiger partial charge in [0.05, 0.1) is 12.5 Å². The SMILES string of the molecule is CC(C)C(CNC(=O)N(C)Cc1ncc[nH]1)C(=O)O. The number of carbonyl (C=O) groups is 2. The maximum absolute atomic E-state index is 11.8. The van der Waals surface area contributed by atoms with Crippen LogP contribution in [0.4, 0.5) is 4.79 Å². The van der Waals surface area contributed by atoms with Gasteiger partial charge in [0.15, 0.2) is 0 Å².